The number of ether oxygens (including phenoxy) is 1. The third-order valence-corrected chi connectivity index (χ3v) is 5.35. The summed E-state index contributed by atoms with van der Waals surface area (Å²) in [7, 11) is 1.75. The standard InChI is InChI=1S/C22H28FN3O2.ClH/c1-25(11-12-28-21-10-6-5-9-20(21)23)22(27)16-26-14-18(13-24)19(15-26)17-7-3-2-4-8-17;/h2-10,18-19H,11-16,24H2,1H3;1H/t18-,19+;/m1./s1. The van der Waals surface area contributed by atoms with E-state index < -0.39 is 5.82 Å². The second kappa shape index (κ2) is 11.1. The van der Waals surface area contributed by atoms with Crippen molar-refractivity contribution in [3.05, 3.63) is 66.0 Å². The van der Waals surface area contributed by atoms with Gasteiger partial charge in [-0.3, -0.25) is 9.69 Å². The Kier molecular flexibility index (Phi) is 8.89. The van der Waals surface area contributed by atoms with Crippen molar-refractivity contribution in [3.63, 3.8) is 0 Å². The Hall–Kier alpha value is -2.15. The van der Waals surface area contributed by atoms with Crippen molar-refractivity contribution in [3.8, 4) is 5.75 Å². The average Bonchev–Trinajstić information content (AvgIpc) is 3.12. The van der Waals surface area contributed by atoms with Gasteiger partial charge in [0.2, 0.25) is 5.91 Å². The van der Waals surface area contributed by atoms with Crippen molar-refractivity contribution in [2.75, 3.05) is 46.4 Å². The van der Waals surface area contributed by atoms with E-state index in [2.05, 4.69) is 17.0 Å². The molecule has 2 aromatic rings. The van der Waals surface area contributed by atoms with Crippen molar-refractivity contribution >= 4 is 18.3 Å². The molecule has 0 saturated carbocycles. The first-order valence-corrected chi connectivity index (χ1v) is 9.67. The van der Waals surface area contributed by atoms with Gasteiger partial charge in [-0.25, -0.2) is 4.39 Å². The lowest BCUT2D eigenvalue weighted by atomic mass is 9.89. The van der Waals surface area contributed by atoms with Gasteiger partial charge < -0.3 is 15.4 Å². The first-order valence-electron chi connectivity index (χ1n) is 9.67. The highest BCUT2D eigenvalue weighted by Gasteiger charge is 2.33. The second-order valence-electron chi connectivity index (χ2n) is 7.30. The zero-order valence-electron chi connectivity index (χ0n) is 16.7. The predicted octanol–water partition coefficient (Wildman–Crippen LogP) is 2.76. The van der Waals surface area contributed by atoms with Crippen molar-refractivity contribution in [2.45, 2.75) is 5.92 Å². The fourth-order valence-corrected chi connectivity index (χ4v) is 3.70. The van der Waals surface area contributed by atoms with E-state index in [1.807, 2.05) is 18.2 Å². The van der Waals surface area contributed by atoms with Crippen molar-refractivity contribution in [1.29, 1.82) is 0 Å². The number of hydrogen-bond acceptors (Lipinski definition) is 4. The highest BCUT2D eigenvalue weighted by molar-refractivity contribution is 5.85. The summed E-state index contributed by atoms with van der Waals surface area (Å²) in [4.78, 5) is 16.4. The molecule has 2 atom stereocenters. The number of benzene rings is 2. The summed E-state index contributed by atoms with van der Waals surface area (Å²) in [5, 5.41) is 0. The van der Waals surface area contributed by atoms with Crippen molar-refractivity contribution < 1.29 is 13.9 Å². The van der Waals surface area contributed by atoms with Crippen LogP contribution < -0.4 is 10.5 Å². The molecule has 2 N–H and O–H groups in total. The maximum atomic E-state index is 13.6. The first-order chi connectivity index (χ1) is 13.6. The van der Waals surface area contributed by atoms with E-state index in [9.17, 15) is 9.18 Å². The van der Waals surface area contributed by atoms with E-state index in [1.165, 1.54) is 11.6 Å². The zero-order valence-corrected chi connectivity index (χ0v) is 17.5. The topological polar surface area (TPSA) is 58.8 Å². The van der Waals surface area contributed by atoms with Crippen LogP contribution in [0.3, 0.4) is 0 Å². The maximum Gasteiger partial charge on any atom is 0.236 e. The van der Waals surface area contributed by atoms with Crippen LogP contribution in [-0.4, -0.2) is 62.1 Å². The summed E-state index contributed by atoms with van der Waals surface area (Å²) in [5.74, 6) is 0.549. The summed E-state index contributed by atoms with van der Waals surface area (Å²) < 4.78 is 19.0. The van der Waals surface area contributed by atoms with Crippen LogP contribution in [0, 0.1) is 11.7 Å². The largest absolute Gasteiger partial charge is 0.489 e. The number of para-hydroxylation sites is 1. The highest BCUT2D eigenvalue weighted by atomic mass is 35.5. The smallest absolute Gasteiger partial charge is 0.236 e. The van der Waals surface area contributed by atoms with Crippen LogP contribution >= 0.6 is 12.4 Å². The van der Waals surface area contributed by atoms with Crippen molar-refractivity contribution in [1.82, 2.24) is 9.80 Å². The maximum absolute atomic E-state index is 13.6. The fraction of sp³-hybridized carbons (Fsp3) is 0.409. The molecule has 1 saturated heterocycles. The number of nitrogens with two attached hydrogens (primary N) is 1. The highest BCUT2D eigenvalue weighted by Crippen LogP contribution is 2.31. The van der Waals surface area contributed by atoms with Crippen LogP contribution in [0.15, 0.2) is 54.6 Å². The molecule has 0 aromatic heterocycles. The molecule has 7 heteroatoms. The van der Waals surface area contributed by atoms with E-state index in [1.54, 1.807) is 30.1 Å². The van der Waals surface area contributed by atoms with Gasteiger partial charge in [-0.1, -0.05) is 42.5 Å². The van der Waals surface area contributed by atoms with Crippen LogP contribution in [0.1, 0.15) is 11.5 Å². The molecule has 0 aliphatic carbocycles. The van der Waals surface area contributed by atoms with Crippen LogP contribution in [0.25, 0.3) is 0 Å². The Balaban J connectivity index is 0.00000300. The summed E-state index contributed by atoms with van der Waals surface area (Å²) >= 11 is 0. The van der Waals surface area contributed by atoms with Crippen LogP contribution in [0.5, 0.6) is 5.75 Å². The van der Waals surface area contributed by atoms with E-state index in [0.29, 0.717) is 31.5 Å². The molecule has 0 radical (unpaired) electrons. The van der Waals surface area contributed by atoms with Gasteiger partial charge in [0.15, 0.2) is 11.6 Å². The number of nitrogens with zero attached hydrogens (tertiary/aromatic N) is 2. The molecule has 1 fully saturated rings. The molecule has 0 spiro atoms. The third-order valence-electron chi connectivity index (χ3n) is 5.35. The summed E-state index contributed by atoms with van der Waals surface area (Å²) in [6.45, 7) is 3.27. The van der Waals surface area contributed by atoms with Gasteiger partial charge in [0.1, 0.15) is 6.61 Å². The molecular weight excluding hydrogens is 393 g/mol. The van der Waals surface area contributed by atoms with Gasteiger partial charge in [0, 0.05) is 26.1 Å². The molecule has 1 aliphatic rings. The number of likely N-dealkylation sites (tertiary alicyclic amines) is 1. The minimum Gasteiger partial charge on any atom is -0.489 e. The van der Waals surface area contributed by atoms with E-state index in [-0.39, 0.29) is 30.7 Å². The van der Waals surface area contributed by atoms with E-state index in [4.69, 9.17) is 10.5 Å². The Bertz CT molecular complexity index is 778. The lowest BCUT2D eigenvalue weighted by Gasteiger charge is -2.22. The SMILES string of the molecule is CN(CCOc1ccccc1F)C(=O)CN1C[C@@H](CN)[C@H](c2ccccc2)C1.Cl. The Morgan fingerprint density at radius 2 is 1.86 bits per heavy atom. The van der Waals surface area contributed by atoms with Crippen LogP contribution in [-0.2, 0) is 4.79 Å². The molecule has 0 bridgehead atoms. The molecule has 1 amide bonds. The van der Waals surface area contributed by atoms with E-state index >= 15 is 0 Å². The van der Waals surface area contributed by atoms with Gasteiger partial charge in [-0.05, 0) is 30.2 Å². The quantitative estimate of drug-likeness (QED) is 0.712. The summed E-state index contributed by atoms with van der Waals surface area (Å²) in [6.07, 6.45) is 0. The van der Waals surface area contributed by atoms with Gasteiger partial charge in [0.25, 0.3) is 0 Å². The number of hydrogen-bond donors (Lipinski definition) is 1. The molecule has 3 rings (SSSR count). The zero-order chi connectivity index (χ0) is 19.9. The van der Waals surface area contributed by atoms with Crippen LogP contribution in [0.4, 0.5) is 4.39 Å². The molecular formula is C22H29ClFN3O2. The number of likely N-dealkylation sites (N-methyl/N-ethyl adjacent to an activating group) is 1. The van der Waals surface area contributed by atoms with Crippen molar-refractivity contribution in [2.24, 2.45) is 11.7 Å². The second-order valence-corrected chi connectivity index (χ2v) is 7.30. The summed E-state index contributed by atoms with van der Waals surface area (Å²) in [5.41, 5.74) is 7.26. The third kappa shape index (κ3) is 6.16. The fourth-order valence-electron chi connectivity index (χ4n) is 3.70. The molecule has 0 unspecified atom stereocenters. The number of amides is 1. The minimum atomic E-state index is -0.395. The Morgan fingerprint density at radius 3 is 2.55 bits per heavy atom. The predicted molar refractivity (Wildman–Crippen MR) is 115 cm³/mol. The lowest BCUT2D eigenvalue weighted by molar-refractivity contribution is -0.131. The molecule has 5 nitrogen and oxygen atoms in total. The summed E-state index contributed by atoms with van der Waals surface area (Å²) in [6, 6.07) is 16.6. The lowest BCUT2D eigenvalue weighted by Crippen LogP contribution is -2.39. The number of carbonyl (C=O) groups is 1. The first kappa shape index (κ1) is 23.1. The average molecular weight is 422 g/mol. The van der Waals surface area contributed by atoms with Gasteiger partial charge >= 0.3 is 0 Å². The molecule has 1 aliphatic heterocycles. The minimum absolute atomic E-state index is 0. The van der Waals surface area contributed by atoms with Gasteiger partial charge in [-0.2, -0.15) is 0 Å². The number of halogens is 2. The Labute approximate surface area is 178 Å². The normalized spacial score (nSPS) is 18.9. The van der Waals surface area contributed by atoms with Gasteiger partial charge in [0.05, 0.1) is 13.1 Å². The molecule has 29 heavy (non-hydrogen) atoms. The molecule has 1 heterocycles. The number of carbonyl (C=O) groups excluding carboxylic acids is 1. The van der Waals surface area contributed by atoms with Gasteiger partial charge in [-0.15, -0.1) is 12.4 Å². The molecule has 158 valence electrons. The monoisotopic (exact) mass is 421 g/mol. The number of rotatable bonds is 8. The van der Waals surface area contributed by atoms with E-state index in [0.717, 1.165) is 13.1 Å². The molecule has 2 aromatic carbocycles. The Morgan fingerprint density at radius 1 is 1.17 bits per heavy atom. The van der Waals surface area contributed by atoms with Crippen LogP contribution in [0.2, 0.25) is 0 Å².